The van der Waals surface area contributed by atoms with Crippen molar-refractivity contribution in [1.29, 1.82) is 5.26 Å². The van der Waals surface area contributed by atoms with Gasteiger partial charge in [0.15, 0.2) is 12.1 Å². The first-order chi connectivity index (χ1) is 7.13. The van der Waals surface area contributed by atoms with Crippen LogP contribution < -0.4 is 0 Å². The molecule has 15 heavy (non-hydrogen) atoms. The van der Waals surface area contributed by atoms with Gasteiger partial charge in [-0.3, -0.25) is 9.59 Å². The largest absolute Gasteiger partial charge is 0.298 e. The van der Waals surface area contributed by atoms with Gasteiger partial charge in [0, 0.05) is 5.56 Å². The molecular formula is C10H5ClFNO2. The SMILES string of the molecule is N#Cc1cc(F)c(C=O)c(C(=O)CCl)c1. The van der Waals surface area contributed by atoms with Crippen molar-refractivity contribution in [3.63, 3.8) is 0 Å². The molecule has 0 N–H and O–H groups in total. The fourth-order valence-corrected chi connectivity index (χ4v) is 1.25. The van der Waals surface area contributed by atoms with E-state index in [1.807, 2.05) is 0 Å². The van der Waals surface area contributed by atoms with Gasteiger partial charge in [-0.2, -0.15) is 5.26 Å². The third-order valence-corrected chi connectivity index (χ3v) is 2.04. The molecule has 3 nitrogen and oxygen atoms in total. The van der Waals surface area contributed by atoms with Gasteiger partial charge in [-0.1, -0.05) is 0 Å². The minimum Gasteiger partial charge on any atom is -0.298 e. The van der Waals surface area contributed by atoms with E-state index in [1.165, 1.54) is 0 Å². The lowest BCUT2D eigenvalue weighted by molar-refractivity contribution is 0.101. The molecular weight excluding hydrogens is 221 g/mol. The van der Waals surface area contributed by atoms with Gasteiger partial charge >= 0.3 is 0 Å². The number of rotatable bonds is 3. The first-order valence-corrected chi connectivity index (χ1v) is 4.45. The van der Waals surface area contributed by atoms with E-state index >= 15 is 0 Å². The minimum absolute atomic E-state index is 0.0217. The summed E-state index contributed by atoms with van der Waals surface area (Å²) in [6.45, 7) is 0. The molecule has 0 aliphatic carbocycles. The summed E-state index contributed by atoms with van der Waals surface area (Å²) >= 11 is 5.29. The van der Waals surface area contributed by atoms with Crippen LogP contribution in [-0.2, 0) is 0 Å². The summed E-state index contributed by atoms with van der Waals surface area (Å²) < 4.78 is 13.2. The van der Waals surface area contributed by atoms with E-state index in [0.29, 0.717) is 0 Å². The van der Waals surface area contributed by atoms with Crippen LogP contribution in [0.25, 0.3) is 0 Å². The van der Waals surface area contributed by atoms with Crippen LogP contribution >= 0.6 is 11.6 Å². The Hall–Kier alpha value is -1.73. The number of hydrogen-bond acceptors (Lipinski definition) is 3. The molecule has 0 aromatic heterocycles. The molecule has 0 radical (unpaired) electrons. The van der Waals surface area contributed by atoms with Crippen molar-refractivity contribution in [3.8, 4) is 6.07 Å². The zero-order valence-electron chi connectivity index (χ0n) is 7.46. The van der Waals surface area contributed by atoms with Gasteiger partial charge in [0.25, 0.3) is 0 Å². The van der Waals surface area contributed by atoms with Crippen LogP contribution in [0, 0.1) is 17.1 Å². The highest BCUT2D eigenvalue weighted by molar-refractivity contribution is 6.31. The molecule has 0 atom stereocenters. The first-order valence-electron chi connectivity index (χ1n) is 3.92. The highest BCUT2D eigenvalue weighted by Gasteiger charge is 2.15. The molecule has 0 unspecified atom stereocenters. The Bertz CT molecular complexity index is 465. The van der Waals surface area contributed by atoms with Crippen LogP contribution in [0.5, 0.6) is 0 Å². The maximum absolute atomic E-state index is 13.2. The van der Waals surface area contributed by atoms with Crippen molar-refractivity contribution in [2.75, 3.05) is 5.88 Å². The van der Waals surface area contributed by atoms with E-state index in [2.05, 4.69) is 0 Å². The zero-order chi connectivity index (χ0) is 11.4. The Morgan fingerprint density at radius 2 is 2.27 bits per heavy atom. The lowest BCUT2D eigenvalue weighted by Gasteiger charge is -2.03. The number of nitrogens with zero attached hydrogens (tertiary/aromatic N) is 1. The molecule has 1 aromatic carbocycles. The summed E-state index contributed by atoms with van der Waals surface area (Å²) in [4.78, 5) is 21.8. The fraction of sp³-hybridized carbons (Fsp3) is 0.100. The Kier molecular flexibility index (Phi) is 3.53. The van der Waals surface area contributed by atoms with Crippen molar-refractivity contribution in [2.24, 2.45) is 0 Å². The number of alkyl halides is 1. The molecule has 76 valence electrons. The predicted octanol–water partition coefficient (Wildman–Crippen LogP) is 1.93. The van der Waals surface area contributed by atoms with Gasteiger partial charge in [-0.05, 0) is 12.1 Å². The summed E-state index contributed by atoms with van der Waals surface area (Å²) in [6.07, 6.45) is 0.232. The maximum atomic E-state index is 13.2. The van der Waals surface area contributed by atoms with E-state index in [9.17, 15) is 14.0 Å². The Morgan fingerprint density at radius 1 is 1.60 bits per heavy atom. The van der Waals surface area contributed by atoms with E-state index < -0.39 is 11.6 Å². The molecule has 0 heterocycles. The van der Waals surface area contributed by atoms with Gasteiger partial charge in [-0.25, -0.2) is 4.39 Å². The minimum atomic E-state index is -0.891. The second-order valence-corrected chi connectivity index (χ2v) is 2.97. The molecule has 0 fully saturated rings. The van der Waals surface area contributed by atoms with Crippen molar-refractivity contribution in [2.45, 2.75) is 0 Å². The number of nitriles is 1. The molecule has 1 rings (SSSR count). The maximum Gasteiger partial charge on any atom is 0.178 e. The quantitative estimate of drug-likeness (QED) is 0.449. The second kappa shape index (κ2) is 4.67. The summed E-state index contributed by atoms with van der Waals surface area (Å²) in [6, 6.07) is 3.74. The molecule has 0 saturated carbocycles. The van der Waals surface area contributed by atoms with Crippen molar-refractivity contribution < 1.29 is 14.0 Å². The number of carbonyl (C=O) groups is 2. The summed E-state index contributed by atoms with van der Waals surface area (Å²) in [7, 11) is 0. The van der Waals surface area contributed by atoms with Gasteiger partial charge in [0.1, 0.15) is 5.82 Å². The topological polar surface area (TPSA) is 57.9 Å². The van der Waals surface area contributed by atoms with Crippen LogP contribution in [0.3, 0.4) is 0 Å². The fourth-order valence-electron chi connectivity index (χ4n) is 1.10. The number of benzene rings is 1. The Labute approximate surface area is 90.1 Å². The standard InChI is InChI=1S/C10H5ClFNO2/c11-3-10(15)7-1-6(4-13)2-9(12)8(7)5-14/h1-2,5H,3H2. The van der Waals surface area contributed by atoms with Gasteiger partial charge < -0.3 is 0 Å². The summed E-state index contributed by atoms with van der Waals surface area (Å²) in [5, 5.41) is 8.56. The average Bonchev–Trinajstić information content (AvgIpc) is 2.26. The molecule has 0 spiro atoms. The van der Waals surface area contributed by atoms with Crippen molar-refractivity contribution in [3.05, 3.63) is 34.6 Å². The zero-order valence-corrected chi connectivity index (χ0v) is 8.21. The third-order valence-electron chi connectivity index (χ3n) is 1.80. The number of halogens is 2. The highest BCUT2D eigenvalue weighted by Crippen LogP contribution is 2.15. The Morgan fingerprint density at radius 3 is 2.73 bits per heavy atom. The second-order valence-electron chi connectivity index (χ2n) is 2.71. The first kappa shape index (κ1) is 11.3. The normalized spacial score (nSPS) is 9.40. The van der Waals surface area contributed by atoms with Crippen LogP contribution in [0.15, 0.2) is 12.1 Å². The number of ketones is 1. The molecule has 0 aliphatic rings. The number of aldehydes is 1. The lowest BCUT2D eigenvalue weighted by Crippen LogP contribution is -2.07. The highest BCUT2D eigenvalue weighted by atomic mass is 35.5. The number of carbonyl (C=O) groups excluding carboxylic acids is 2. The molecule has 5 heteroatoms. The van der Waals surface area contributed by atoms with Gasteiger partial charge in [0.2, 0.25) is 0 Å². The van der Waals surface area contributed by atoms with Crippen LogP contribution in [0.1, 0.15) is 26.3 Å². The molecule has 0 amide bonds. The summed E-state index contributed by atoms with van der Waals surface area (Å²) in [5.41, 5.74) is -0.539. The van der Waals surface area contributed by atoms with Crippen molar-refractivity contribution >= 4 is 23.7 Å². The average molecular weight is 226 g/mol. The number of hydrogen-bond donors (Lipinski definition) is 0. The van der Waals surface area contributed by atoms with Crippen LogP contribution in [0.4, 0.5) is 4.39 Å². The van der Waals surface area contributed by atoms with E-state index in [1.54, 1.807) is 6.07 Å². The van der Waals surface area contributed by atoms with Crippen LogP contribution in [-0.4, -0.2) is 17.9 Å². The van der Waals surface area contributed by atoms with Gasteiger partial charge in [-0.15, -0.1) is 11.6 Å². The van der Waals surface area contributed by atoms with E-state index in [4.69, 9.17) is 16.9 Å². The lowest BCUT2D eigenvalue weighted by atomic mass is 10.0. The predicted molar refractivity (Wildman–Crippen MR) is 51.6 cm³/mol. The smallest absolute Gasteiger partial charge is 0.178 e. The molecule has 0 bridgehead atoms. The molecule has 1 aromatic rings. The van der Waals surface area contributed by atoms with Crippen LogP contribution in [0.2, 0.25) is 0 Å². The summed E-state index contributed by atoms with van der Waals surface area (Å²) in [5.74, 6) is -1.85. The monoisotopic (exact) mass is 225 g/mol. The molecule has 0 aliphatic heterocycles. The van der Waals surface area contributed by atoms with E-state index in [-0.39, 0.29) is 28.9 Å². The Balaban J connectivity index is 3.46. The number of Topliss-reactive ketones (excluding diaryl/α,β-unsaturated/α-hetero) is 1. The third kappa shape index (κ3) is 2.20. The van der Waals surface area contributed by atoms with Crippen molar-refractivity contribution in [1.82, 2.24) is 0 Å². The molecule has 0 saturated heterocycles. The van der Waals surface area contributed by atoms with E-state index in [0.717, 1.165) is 12.1 Å². The van der Waals surface area contributed by atoms with Gasteiger partial charge in [0.05, 0.1) is 23.1 Å².